The van der Waals surface area contributed by atoms with E-state index in [4.69, 9.17) is 11.6 Å². The molecule has 1 atom stereocenters. The summed E-state index contributed by atoms with van der Waals surface area (Å²) in [5, 5.41) is 10.5. The van der Waals surface area contributed by atoms with Gasteiger partial charge in [0.25, 0.3) is 0 Å². The highest BCUT2D eigenvalue weighted by Crippen LogP contribution is 2.32. The Morgan fingerprint density at radius 1 is 1.76 bits per heavy atom. The summed E-state index contributed by atoms with van der Waals surface area (Å²) >= 11 is 5.88. The third-order valence-electron chi connectivity index (χ3n) is 2.44. The Morgan fingerprint density at radius 3 is 3.00 bits per heavy atom. The minimum absolute atomic E-state index is 0.0875. The van der Waals surface area contributed by atoms with Gasteiger partial charge in [0.1, 0.15) is 5.15 Å². The topological polar surface area (TPSA) is 59.4 Å². The van der Waals surface area contributed by atoms with Crippen LogP contribution in [0.5, 0.6) is 0 Å². The van der Waals surface area contributed by atoms with Crippen LogP contribution in [0.25, 0.3) is 0 Å². The standard InChI is InChI=1S/C12H14ClNO3/c1-3-4-7-12(16,11(15)17-2)9-6-5-8-14-10(9)13/h3,5-6,8,16H,1,4,7H2,2H3. The summed E-state index contributed by atoms with van der Waals surface area (Å²) in [4.78, 5) is 15.5. The summed E-state index contributed by atoms with van der Waals surface area (Å²) in [6.45, 7) is 3.55. The molecule has 0 fully saturated rings. The van der Waals surface area contributed by atoms with Gasteiger partial charge in [-0.05, 0) is 18.9 Å². The molecule has 0 aliphatic rings. The monoisotopic (exact) mass is 255 g/mol. The van der Waals surface area contributed by atoms with Gasteiger partial charge in [0.2, 0.25) is 0 Å². The zero-order valence-corrected chi connectivity index (χ0v) is 10.3. The normalized spacial score (nSPS) is 13.8. The highest BCUT2D eigenvalue weighted by atomic mass is 35.5. The summed E-state index contributed by atoms with van der Waals surface area (Å²) in [6.07, 6.45) is 3.70. The first kappa shape index (κ1) is 13.7. The van der Waals surface area contributed by atoms with Gasteiger partial charge >= 0.3 is 5.97 Å². The molecule has 92 valence electrons. The van der Waals surface area contributed by atoms with E-state index in [1.807, 2.05) is 0 Å². The van der Waals surface area contributed by atoms with Gasteiger partial charge in [0, 0.05) is 11.8 Å². The number of esters is 1. The van der Waals surface area contributed by atoms with Crippen LogP contribution in [0.2, 0.25) is 5.15 Å². The lowest BCUT2D eigenvalue weighted by atomic mass is 9.90. The number of aliphatic hydroxyl groups is 1. The zero-order chi connectivity index (χ0) is 12.9. The van der Waals surface area contributed by atoms with Crippen LogP contribution in [0.4, 0.5) is 0 Å². The predicted molar refractivity (Wildman–Crippen MR) is 64.6 cm³/mol. The number of aromatic nitrogens is 1. The lowest BCUT2D eigenvalue weighted by molar-refractivity contribution is -0.164. The van der Waals surface area contributed by atoms with E-state index in [9.17, 15) is 9.90 Å². The van der Waals surface area contributed by atoms with Crippen LogP contribution in [0.3, 0.4) is 0 Å². The van der Waals surface area contributed by atoms with Crippen molar-refractivity contribution in [3.8, 4) is 0 Å². The first-order chi connectivity index (χ1) is 8.06. The SMILES string of the molecule is C=CCCC(O)(C(=O)OC)c1cccnc1Cl. The molecule has 1 aromatic heterocycles. The summed E-state index contributed by atoms with van der Waals surface area (Å²) in [6, 6.07) is 3.15. The minimum Gasteiger partial charge on any atom is -0.467 e. The molecule has 1 N–H and O–H groups in total. The summed E-state index contributed by atoms with van der Waals surface area (Å²) in [5.41, 5.74) is -1.54. The van der Waals surface area contributed by atoms with E-state index in [2.05, 4.69) is 16.3 Å². The molecule has 0 spiro atoms. The van der Waals surface area contributed by atoms with Crippen LogP contribution < -0.4 is 0 Å². The molecule has 0 aliphatic carbocycles. The molecule has 1 aromatic rings. The summed E-state index contributed by atoms with van der Waals surface area (Å²) in [7, 11) is 1.21. The van der Waals surface area contributed by atoms with Gasteiger partial charge in [-0.15, -0.1) is 6.58 Å². The van der Waals surface area contributed by atoms with Gasteiger partial charge in [0.05, 0.1) is 7.11 Å². The van der Waals surface area contributed by atoms with Crippen molar-refractivity contribution in [3.63, 3.8) is 0 Å². The number of halogens is 1. The fourth-order valence-corrected chi connectivity index (χ4v) is 1.80. The Labute approximate surface area is 105 Å². The molecule has 1 rings (SSSR count). The van der Waals surface area contributed by atoms with Crippen molar-refractivity contribution < 1.29 is 14.6 Å². The third-order valence-corrected chi connectivity index (χ3v) is 2.74. The van der Waals surface area contributed by atoms with Gasteiger partial charge in [-0.3, -0.25) is 0 Å². The van der Waals surface area contributed by atoms with Crippen LogP contribution in [0.15, 0.2) is 31.0 Å². The Kier molecular flexibility index (Phi) is 4.66. The second-order valence-electron chi connectivity index (χ2n) is 3.52. The first-order valence-corrected chi connectivity index (χ1v) is 5.46. The molecule has 17 heavy (non-hydrogen) atoms. The first-order valence-electron chi connectivity index (χ1n) is 5.09. The lowest BCUT2D eigenvalue weighted by Gasteiger charge is -2.25. The van der Waals surface area contributed by atoms with Crippen molar-refractivity contribution in [1.29, 1.82) is 0 Å². The van der Waals surface area contributed by atoms with E-state index >= 15 is 0 Å². The summed E-state index contributed by atoms with van der Waals surface area (Å²) in [5.74, 6) is -0.755. The van der Waals surface area contributed by atoms with Crippen LogP contribution in [0, 0.1) is 0 Å². The van der Waals surface area contributed by atoms with Gasteiger partial charge in [-0.1, -0.05) is 23.7 Å². The molecule has 0 saturated heterocycles. The van der Waals surface area contributed by atoms with Crippen molar-refractivity contribution in [2.45, 2.75) is 18.4 Å². The predicted octanol–water partition coefficient (Wildman–Crippen LogP) is 2.06. The fourth-order valence-electron chi connectivity index (χ4n) is 1.52. The molecule has 0 aliphatic heterocycles. The van der Waals surface area contributed by atoms with E-state index in [-0.39, 0.29) is 17.1 Å². The molecule has 0 aromatic carbocycles. The number of carbonyl (C=O) groups is 1. The van der Waals surface area contributed by atoms with E-state index in [0.717, 1.165) is 0 Å². The average Bonchev–Trinajstić information content (AvgIpc) is 2.35. The van der Waals surface area contributed by atoms with Gasteiger partial charge in [0.15, 0.2) is 5.60 Å². The van der Waals surface area contributed by atoms with E-state index in [1.165, 1.54) is 13.3 Å². The highest BCUT2D eigenvalue weighted by Gasteiger charge is 2.40. The molecule has 1 heterocycles. The van der Waals surface area contributed by atoms with E-state index in [0.29, 0.717) is 6.42 Å². The molecule has 0 radical (unpaired) electrons. The van der Waals surface area contributed by atoms with E-state index in [1.54, 1.807) is 18.2 Å². The van der Waals surface area contributed by atoms with Gasteiger partial charge in [-0.25, -0.2) is 9.78 Å². The maximum atomic E-state index is 11.7. The number of ether oxygens (including phenoxy) is 1. The molecule has 0 saturated carbocycles. The second-order valence-corrected chi connectivity index (χ2v) is 3.88. The number of pyridine rings is 1. The Balaban J connectivity index is 3.18. The van der Waals surface area contributed by atoms with Crippen molar-refractivity contribution >= 4 is 17.6 Å². The van der Waals surface area contributed by atoms with Gasteiger partial charge < -0.3 is 9.84 Å². The lowest BCUT2D eigenvalue weighted by Crippen LogP contribution is -2.37. The van der Waals surface area contributed by atoms with E-state index < -0.39 is 11.6 Å². The Bertz CT molecular complexity index is 422. The number of nitrogens with zero attached hydrogens (tertiary/aromatic N) is 1. The van der Waals surface area contributed by atoms with Crippen LogP contribution >= 0.6 is 11.6 Å². The maximum Gasteiger partial charge on any atom is 0.342 e. The molecule has 0 bridgehead atoms. The Hall–Kier alpha value is -1.39. The number of hydrogen-bond donors (Lipinski definition) is 1. The third kappa shape index (κ3) is 2.84. The summed E-state index contributed by atoms with van der Waals surface area (Å²) < 4.78 is 4.61. The average molecular weight is 256 g/mol. The van der Waals surface area contributed by atoms with Crippen molar-refractivity contribution in [1.82, 2.24) is 4.98 Å². The molecule has 5 heteroatoms. The second kappa shape index (κ2) is 5.80. The molecule has 1 unspecified atom stereocenters. The quantitative estimate of drug-likeness (QED) is 0.497. The number of carbonyl (C=O) groups excluding carboxylic acids is 1. The molecule has 4 nitrogen and oxygen atoms in total. The van der Waals surface area contributed by atoms with Crippen LogP contribution in [-0.2, 0) is 15.1 Å². The highest BCUT2D eigenvalue weighted by molar-refractivity contribution is 6.30. The van der Waals surface area contributed by atoms with Crippen LogP contribution in [-0.4, -0.2) is 23.2 Å². The number of allylic oxidation sites excluding steroid dienone is 1. The molecular formula is C12H14ClNO3. The minimum atomic E-state index is -1.78. The van der Waals surface area contributed by atoms with Crippen molar-refractivity contribution in [3.05, 3.63) is 41.7 Å². The number of hydrogen-bond acceptors (Lipinski definition) is 4. The number of methoxy groups -OCH3 is 1. The molecule has 0 amide bonds. The largest absolute Gasteiger partial charge is 0.467 e. The Morgan fingerprint density at radius 2 is 2.47 bits per heavy atom. The maximum absolute atomic E-state index is 11.7. The zero-order valence-electron chi connectivity index (χ0n) is 9.52. The van der Waals surface area contributed by atoms with Crippen molar-refractivity contribution in [2.75, 3.05) is 7.11 Å². The number of rotatable bonds is 5. The fraction of sp³-hybridized carbons (Fsp3) is 0.333. The smallest absolute Gasteiger partial charge is 0.342 e. The van der Waals surface area contributed by atoms with Gasteiger partial charge in [-0.2, -0.15) is 0 Å². The molecular weight excluding hydrogens is 242 g/mol. The van der Waals surface area contributed by atoms with Crippen LogP contribution in [0.1, 0.15) is 18.4 Å². The van der Waals surface area contributed by atoms with Crippen molar-refractivity contribution in [2.24, 2.45) is 0 Å².